The quantitative estimate of drug-likeness (QED) is 0.874. The molecule has 0 bridgehead atoms. The Morgan fingerprint density at radius 1 is 1.37 bits per heavy atom. The Hall–Kier alpha value is -1.82. The van der Waals surface area contributed by atoms with E-state index in [2.05, 4.69) is 20.9 Å². The SMILES string of the molecule is O=C(c1ccc(Br)c(O)c1)N1CCn2ccnc2C1. The van der Waals surface area contributed by atoms with E-state index in [4.69, 9.17) is 0 Å². The number of aromatic hydroxyl groups is 1. The number of imidazole rings is 1. The molecule has 0 spiro atoms. The van der Waals surface area contributed by atoms with Crippen molar-refractivity contribution < 1.29 is 9.90 Å². The number of phenolic OH excluding ortho intramolecular Hbond substituents is 1. The number of phenols is 1. The van der Waals surface area contributed by atoms with Crippen molar-refractivity contribution in [1.82, 2.24) is 14.5 Å². The predicted molar refractivity (Wildman–Crippen MR) is 72.8 cm³/mol. The Labute approximate surface area is 118 Å². The number of halogens is 1. The standard InChI is InChI=1S/C13H12BrN3O2/c14-10-2-1-9(7-11(10)18)13(19)17-6-5-16-4-3-15-12(16)8-17/h1-4,7,18H,5-6,8H2. The number of hydrogen-bond donors (Lipinski definition) is 1. The maximum Gasteiger partial charge on any atom is 0.254 e. The maximum absolute atomic E-state index is 12.4. The lowest BCUT2D eigenvalue weighted by Gasteiger charge is -2.27. The summed E-state index contributed by atoms with van der Waals surface area (Å²) < 4.78 is 2.63. The van der Waals surface area contributed by atoms with Crippen molar-refractivity contribution in [1.29, 1.82) is 0 Å². The average molecular weight is 322 g/mol. The van der Waals surface area contributed by atoms with Crippen LogP contribution in [0.15, 0.2) is 35.1 Å². The molecule has 2 aromatic rings. The van der Waals surface area contributed by atoms with E-state index in [1.54, 1.807) is 23.2 Å². The van der Waals surface area contributed by atoms with Gasteiger partial charge in [0.05, 0.1) is 11.0 Å². The molecule has 6 heteroatoms. The van der Waals surface area contributed by atoms with Crippen LogP contribution in [0, 0.1) is 0 Å². The number of aromatic nitrogens is 2. The van der Waals surface area contributed by atoms with Gasteiger partial charge >= 0.3 is 0 Å². The van der Waals surface area contributed by atoms with Crippen LogP contribution in [0.25, 0.3) is 0 Å². The lowest BCUT2D eigenvalue weighted by Crippen LogP contribution is -2.38. The predicted octanol–water partition coefficient (Wildman–Crippen LogP) is 2.01. The van der Waals surface area contributed by atoms with Gasteiger partial charge in [0.1, 0.15) is 11.6 Å². The average Bonchev–Trinajstić information content (AvgIpc) is 2.88. The van der Waals surface area contributed by atoms with Gasteiger partial charge in [0.25, 0.3) is 5.91 Å². The minimum Gasteiger partial charge on any atom is -0.507 e. The summed E-state index contributed by atoms with van der Waals surface area (Å²) in [7, 11) is 0. The van der Waals surface area contributed by atoms with Crippen LogP contribution in [0.3, 0.4) is 0 Å². The van der Waals surface area contributed by atoms with Crippen LogP contribution in [0.1, 0.15) is 16.2 Å². The van der Waals surface area contributed by atoms with Crippen molar-refractivity contribution >= 4 is 21.8 Å². The van der Waals surface area contributed by atoms with Crippen LogP contribution >= 0.6 is 15.9 Å². The second-order valence-corrected chi connectivity index (χ2v) is 5.28. The topological polar surface area (TPSA) is 58.4 Å². The molecule has 1 aromatic heterocycles. The van der Waals surface area contributed by atoms with Crippen molar-refractivity contribution in [3.05, 3.63) is 46.5 Å². The molecule has 0 unspecified atom stereocenters. The third-order valence-corrected chi connectivity index (χ3v) is 3.90. The highest BCUT2D eigenvalue weighted by Gasteiger charge is 2.22. The molecule has 5 nitrogen and oxygen atoms in total. The van der Waals surface area contributed by atoms with Crippen LogP contribution < -0.4 is 0 Å². The molecule has 98 valence electrons. The molecule has 1 aromatic carbocycles. The van der Waals surface area contributed by atoms with E-state index >= 15 is 0 Å². The Bertz CT molecular complexity index is 639. The summed E-state index contributed by atoms with van der Waals surface area (Å²) in [6, 6.07) is 4.86. The Morgan fingerprint density at radius 2 is 2.21 bits per heavy atom. The minimum atomic E-state index is -0.0861. The first-order valence-corrected chi connectivity index (χ1v) is 6.72. The highest BCUT2D eigenvalue weighted by atomic mass is 79.9. The Kier molecular flexibility index (Phi) is 3.02. The van der Waals surface area contributed by atoms with E-state index in [0.29, 0.717) is 23.1 Å². The fourth-order valence-electron chi connectivity index (χ4n) is 2.18. The highest BCUT2D eigenvalue weighted by molar-refractivity contribution is 9.10. The van der Waals surface area contributed by atoms with E-state index in [1.807, 2.05) is 10.8 Å². The van der Waals surface area contributed by atoms with E-state index in [1.165, 1.54) is 6.07 Å². The van der Waals surface area contributed by atoms with Crippen molar-refractivity contribution in [2.75, 3.05) is 6.54 Å². The third-order valence-electron chi connectivity index (χ3n) is 3.23. The summed E-state index contributed by atoms with van der Waals surface area (Å²) in [5.41, 5.74) is 0.487. The second kappa shape index (κ2) is 4.70. The zero-order valence-electron chi connectivity index (χ0n) is 10.1. The molecule has 2 heterocycles. The summed E-state index contributed by atoms with van der Waals surface area (Å²) in [5, 5.41) is 9.64. The number of fused-ring (bicyclic) bond motifs is 1. The number of rotatable bonds is 1. The van der Waals surface area contributed by atoms with E-state index in [-0.39, 0.29) is 11.7 Å². The number of hydrogen-bond acceptors (Lipinski definition) is 3. The first-order chi connectivity index (χ1) is 9.15. The van der Waals surface area contributed by atoms with Crippen LogP contribution in [-0.2, 0) is 13.1 Å². The Morgan fingerprint density at radius 3 is 3.00 bits per heavy atom. The van der Waals surface area contributed by atoms with Gasteiger partial charge in [0.15, 0.2) is 0 Å². The van der Waals surface area contributed by atoms with Gasteiger partial charge in [0, 0.05) is 31.0 Å². The molecule has 1 aliphatic rings. The van der Waals surface area contributed by atoms with Crippen molar-refractivity contribution in [3.63, 3.8) is 0 Å². The first kappa shape index (κ1) is 12.2. The van der Waals surface area contributed by atoms with E-state index in [9.17, 15) is 9.90 Å². The Balaban J connectivity index is 1.83. The van der Waals surface area contributed by atoms with Crippen LogP contribution in [0.2, 0.25) is 0 Å². The fourth-order valence-corrected chi connectivity index (χ4v) is 2.42. The monoisotopic (exact) mass is 321 g/mol. The molecule has 0 saturated carbocycles. The molecule has 0 fully saturated rings. The first-order valence-electron chi connectivity index (χ1n) is 5.93. The molecular formula is C13H12BrN3O2. The fraction of sp³-hybridized carbons (Fsp3) is 0.231. The molecule has 1 amide bonds. The van der Waals surface area contributed by atoms with Gasteiger partial charge in [-0.05, 0) is 34.1 Å². The summed E-state index contributed by atoms with van der Waals surface area (Å²) in [4.78, 5) is 18.3. The zero-order chi connectivity index (χ0) is 13.4. The molecule has 0 radical (unpaired) electrons. The number of carbonyl (C=O) groups excluding carboxylic acids is 1. The van der Waals surface area contributed by atoms with Gasteiger partial charge in [-0.15, -0.1) is 0 Å². The van der Waals surface area contributed by atoms with Gasteiger partial charge in [-0.25, -0.2) is 4.98 Å². The van der Waals surface area contributed by atoms with Crippen LogP contribution in [-0.4, -0.2) is 32.0 Å². The number of carbonyl (C=O) groups is 1. The second-order valence-electron chi connectivity index (χ2n) is 4.43. The smallest absolute Gasteiger partial charge is 0.254 e. The summed E-state index contributed by atoms with van der Waals surface area (Å²) in [6.45, 7) is 1.91. The largest absolute Gasteiger partial charge is 0.507 e. The molecule has 1 aliphatic heterocycles. The lowest BCUT2D eigenvalue weighted by atomic mass is 10.1. The molecule has 0 saturated heterocycles. The molecule has 0 atom stereocenters. The molecule has 0 aliphatic carbocycles. The normalized spacial score (nSPS) is 14.3. The zero-order valence-corrected chi connectivity index (χ0v) is 11.7. The van der Waals surface area contributed by atoms with Crippen molar-refractivity contribution in [3.8, 4) is 5.75 Å². The van der Waals surface area contributed by atoms with Crippen molar-refractivity contribution in [2.45, 2.75) is 13.1 Å². The number of nitrogens with zero attached hydrogens (tertiary/aromatic N) is 3. The van der Waals surface area contributed by atoms with Crippen LogP contribution in [0.5, 0.6) is 5.75 Å². The van der Waals surface area contributed by atoms with E-state index < -0.39 is 0 Å². The summed E-state index contributed by atoms with van der Waals surface area (Å²) in [5.74, 6) is 0.877. The number of benzene rings is 1. The maximum atomic E-state index is 12.4. The highest BCUT2D eigenvalue weighted by Crippen LogP contribution is 2.25. The molecule has 3 rings (SSSR count). The van der Waals surface area contributed by atoms with Crippen LogP contribution in [0.4, 0.5) is 0 Å². The van der Waals surface area contributed by atoms with Gasteiger partial charge < -0.3 is 14.6 Å². The minimum absolute atomic E-state index is 0.0735. The van der Waals surface area contributed by atoms with E-state index in [0.717, 1.165) is 12.4 Å². The number of amides is 1. The van der Waals surface area contributed by atoms with Gasteiger partial charge in [0.2, 0.25) is 0 Å². The molecular weight excluding hydrogens is 310 g/mol. The van der Waals surface area contributed by atoms with Gasteiger partial charge in [-0.1, -0.05) is 0 Å². The van der Waals surface area contributed by atoms with Gasteiger partial charge in [-0.2, -0.15) is 0 Å². The van der Waals surface area contributed by atoms with Crippen molar-refractivity contribution in [2.24, 2.45) is 0 Å². The van der Waals surface area contributed by atoms with Gasteiger partial charge in [-0.3, -0.25) is 4.79 Å². The molecule has 19 heavy (non-hydrogen) atoms. The summed E-state index contributed by atoms with van der Waals surface area (Å²) >= 11 is 3.20. The third kappa shape index (κ3) is 2.23. The summed E-state index contributed by atoms with van der Waals surface area (Å²) in [6.07, 6.45) is 3.66. The lowest BCUT2D eigenvalue weighted by molar-refractivity contribution is 0.0707. The molecule has 1 N–H and O–H groups in total.